The van der Waals surface area contributed by atoms with Crippen LogP contribution in [-0.2, 0) is 13.1 Å². The zero-order valence-corrected chi connectivity index (χ0v) is 15.0. The summed E-state index contributed by atoms with van der Waals surface area (Å²) >= 11 is 11.6. The van der Waals surface area contributed by atoms with E-state index in [-0.39, 0.29) is 0 Å². The van der Waals surface area contributed by atoms with Crippen molar-refractivity contribution >= 4 is 34.6 Å². The van der Waals surface area contributed by atoms with Crippen LogP contribution in [0.4, 0.5) is 5.69 Å². The number of anilines is 1. The lowest BCUT2D eigenvalue weighted by Crippen LogP contribution is -2.33. The summed E-state index contributed by atoms with van der Waals surface area (Å²) in [5, 5.41) is 4.60. The predicted octanol–water partition coefficient (Wildman–Crippen LogP) is 4.53. The molecular weight excluding hydrogens is 352 g/mol. The van der Waals surface area contributed by atoms with Gasteiger partial charge >= 0.3 is 0 Å². The monoisotopic (exact) mass is 368 g/mol. The molecule has 1 aromatic carbocycles. The summed E-state index contributed by atoms with van der Waals surface area (Å²) in [6.07, 6.45) is 7.22. The quantitative estimate of drug-likeness (QED) is 0.670. The van der Waals surface area contributed by atoms with Crippen LogP contribution in [0.15, 0.2) is 73.3 Å². The van der Waals surface area contributed by atoms with Gasteiger partial charge in [0.2, 0.25) is 0 Å². The fourth-order valence-corrected chi connectivity index (χ4v) is 2.73. The first kappa shape index (κ1) is 17.3. The predicted molar refractivity (Wildman–Crippen MR) is 105 cm³/mol. The molecule has 0 spiro atoms. The van der Waals surface area contributed by atoms with Gasteiger partial charge in [-0.15, -0.1) is 0 Å². The van der Waals surface area contributed by atoms with Crippen LogP contribution in [0.1, 0.15) is 11.1 Å². The highest BCUT2D eigenvalue weighted by Gasteiger charge is 2.12. The first-order valence-electron chi connectivity index (χ1n) is 7.80. The number of benzene rings is 1. The summed E-state index contributed by atoms with van der Waals surface area (Å²) in [4.78, 5) is 10.4. The molecule has 0 aliphatic heterocycles. The van der Waals surface area contributed by atoms with Crippen molar-refractivity contribution in [3.05, 3.63) is 89.5 Å². The molecule has 0 fully saturated rings. The van der Waals surface area contributed by atoms with E-state index >= 15 is 0 Å². The first-order valence-corrected chi connectivity index (χ1v) is 8.58. The van der Waals surface area contributed by atoms with Crippen molar-refractivity contribution in [1.82, 2.24) is 14.9 Å². The van der Waals surface area contributed by atoms with Crippen LogP contribution in [0, 0.1) is 0 Å². The standard InChI is InChI=1S/C19H17ClN4S/c20-17-5-7-18(8-6-17)23-19(25)24(13-15-3-1-9-21-11-15)14-16-4-2-10-22-12-16/h1-12H,13-14H2,(H,23,25). The summed E-state index contributed by atoms with van der Waals surface area (Å²) in [6.45, 7) is 1.31. The van der Waals surface area contributed by atoms with Crippen LogP contribution in [-0.4, -0.2) is 20.0 Å². The number of pyridine rings is 2. The Morgan fingerprint density at radius 3 is 1.96 bits per heavy atom. The van der Waals surface area contributed by atoms with Crippen LogP contribution in [0.3, 0.4) is 0 Å². The van der Waals surface area contributed by atoms with Crippen molar-refractivity contribution in [2.45, 2.75) is 13.1 Å². The molecule has 0 aliphatic carbocycles. The van der Waals surface area contributed by atoms with Gasteiger partial charge in [0, 0.05) is 48.6 Å². The van der Waals surface area contributed by atoms with Crippen LogP contribution in [0.2, 0.25) is 5.02 Å². The van der Waals surface area contributed by atoms with E-state index in [2.05, 4.69) is 20.2 Å². The number of hydrogen-bond acceptors (Lipinski definition) is 3. The molecule has 25 heavy (non-hydrogen) atoms. The molecule has 0 unspecified atom stereocenters. The number of thiocarbonyl (C=S) groups is 1. The van der Waals surface area contributed by atoms with Crippen molar-refractivity contribution in [2.75, 3.05) is 5.32 Å². The Balaban J connectivity index is 1.76. The normalized spacial score (nSPS) is 10.3. The van der Waals surface area contributed by atoms with Gasteiger partial charge in [-0.25, -0.2) is 0 Å². The average Bonchev–Trinajstić information content (AvgIpc) is 2.65. The molecule has 1 N–H and O–H groups in total. The topological polar surface area (TPSA) is 41.0 Å². The van der Waals surface area contributed by atoms with Crippen LogP contribution in [0.25, 0.3) is 0 Å². The molecule has 0 aliphatic rings. The maximum absolute atomic E-state index is 5.94. The second-order valence-corrected chi connectivity index (χ2v) is 6.34. The second-order valence-electron chi connectivity index (χ2n) is 5.52. The van der Waals surface area contributed by atoms with Gasteiger partial charge in [0.15, 0.2) is 5.11 Å². The third-order valence-electron chi connectivity index (χ3n) is 3.58. The van der Waals surface area contributed by atoms with Gasteiger partial charge in [-0.05, 0) is 59.7 Å². The van der Waals surface area contributed by atoms with Crippen molar-refractivity contribution in [1.29, 1.82) is 0 Å². The van der Waals surface area contributed by atoms with Gasteiger partial charge in [0.1, 0.15) is 0 Å². The Kier molecular flexibility index (Phi) is 5.93. The SMILES string of the molecule is S=C(Nc1ccc(Cl)cc1)N(Cc1cccnc1)Cc1cccnc1. The summed E-state index contributed by atoms with van der Waals surface area (Å²) in [5.41, 5.74) is 3.08. The lowest BCUT2D eigenvalue weighted by atomic mass is 10.2. The van der Waals surface area contributed by atoms with E-state index in [0.29, 0.717) is 23.2 Å². The van der Waals surface area contributed by atoms with Crippen molar-refractivity contribution in [3.8, 4) is 0 Å². The summed E-state index contributed by atoms with van der Waals surface area (Å²) in [6, 6.07) is 15.4. The van der Waals surface area contributed by atoms with Crippen molar-refractivity contribution in [3.63, 3.8) is 0 Å². The molecule has 0 saturated carbocycles. The lowest BCUT2D eigenvalue weighted by Gasteiger charge is -2.26. The molecule has 0 atom stereocenters. The molecule has 2 heterocycles. The minimum atomic E-state index is 0.634. The van der Waals surface area contributed by atoms with Gasteiger partial charge in [-0.2, -0.15) is 0 Å². The van der Waals surface area contributed by atoms with Gasteiger partial charge < -0.3 is 10.2 Å². The second kappa shape index (κ2) is 8.55. The van der Waals surface area contributed by atoms with Gasteiger partial charge in [0.25, 0.3) is 0 Å². The van der Waals surface area contributed by atoms with Crippen LogP contribution < -0.4 is 5.32 Å². The average molecular weight is 369 g/mol. The number of nitrogens with one attached hydrogen (secondary N) is 1. The fourth-order valence-electron chi connectivity index (χ4n) is 2.36. The van der Waals surface area contributed by atoms with E-state index in [0.717, 1.165) is 16.8 Å². The molecule has 0 radical (unpaired) electrons. The maximum Gasteiger partial charge on any atom is 0.174 e. The van der Waals surface area contributed by atoms with Gasteiger partial charge in [0.05, 0.1) is 0 Å². The number of rotatable bonds is 5. The Hall–Kier alpha value is -2.50. The minimum Gasteiger partial charge on any atom is -0.340 e. The zero-order valence-electron chi connectivity index (χ0n) is 13.5. The fraction of sp³-hybridized carbons (Fsp3) is 0.105. The molecule has 6 heteroatoms. The van der Waals surface area contributed by atoms with Gasteiger partial charge in [-0.3, -0.25) is 9.97 Å². The smallest absolute Gasteiger partial charge is 0.174 e. The largest absolute Gasteiger partial charge is 0.340 e. The number of aromatic nitrogens is 2. The van der Waals surface area contributed by atoms with E-state index in [1.165, 1.54) is 0 Å². The number of nitrogens with zero attached hydrogens (tertiary/aromatic N) is 3. The number of hydrogen-bond donors (Lipinski definition) is 1. The highest BCUT2D eigenvalue weighted by atomic mass is 35.5. The molecule has 3 rings (SSSR count). The van der Waals surface area contributed by atoms with E-state index in [1.54, 1.807) is 12.4 Å². The van der Waals surface area contributed by atoms with E-state index in [4.69, 9.17) is 23.8 Å². The molecule has 126 valence electrons. The molecule has 4 nitrogen and oxygen atoms in total. The highest BCUT2D eigenvalue weighted by molar-refractivity contribution is 7.80. The summed E-state index contributed by atoms with van der Waals surface area (Å²) < 4.78 is 0. The van der Waals surface area contributed by atoms with Crippen LogP contribution in [0.5, 0.6) is 0 Å². The van der Waals surface area contributed by atoms with E-state index in [1.807, 2.05) is 60.9 Å². The maximum atomic E-state index is 5.94. The molecule has 0 amide bonds. The van der Waals surface area contributed by atoms with E-state index < -0.39 is 0 Å². The lowest BCUT2D eigenvalue weighted by molar-refractivity contribution is 0.411. The van der Waals surface area contributed by atoms with E-state index in [9.17, 15) is 0 Å². The molecular formula is C19H17ClN4S. The van der Waals surface area contributed by atoms with Gasteiger partial charge in [-0.1, -0.05) is 23.7 Å². The summed E-state index contributed by atoms with van der Waals surface area (Å²) in [7, 11) is 0. The molecule has 0 bridgehead atoms. The van der Waals surface area contributed by atoms with Crippen molar-refractivity contribution < 1.29 is 0 Å². The first-order chi connectivity index (χ1) is 12.2. The Labute approximate surface area is 157 Å². The van der Waals surface area contributed by atoms with Crippen LogP contribution >= 0.6 is 23.8 Å². The third-order valence-corrected chi connectivity index (χ3v) is 4.19. The third kappa shape index (κ3) is 5.24. The Morgan fingerprint density at radius 1 is 0.920 bits per heavy atom. The summed E-state index contributed by atoms with van der Waals surface area (Å²) in [5.74, 6) is 0. The molecule has 2 aromatic heterocycles. The molecule has 3 aromatic rings. The highest BCUT2D eigenvalue weighted by Crippen LogP contribution is 2.16. The zero-order chi connectivity index (χ0) is 17.5. The minimum absolute atomic E-state index is 0.634. The van der Waals surface area contributed by atoms with Crippen molar-refractivity contribution in [2.24, 2.45) is 0 Å². The number of halogens is 1. The Bertz CT molecular complexity index is 768. The molecule has 0 saturated heterocycles. The Morgan fingerprint density at radius 2 is 1.48 bits per heavy atom.